The first-order valence-corrected chi connectivity index (χ1v) is 6.06. The third-order valence-electron chi connectivity index (χ3n) is 3.78. The molecule has 2 N–H and O–H groups in total. The Balaban J connectivity index is 2.09. The molecule has 1 atom stereocenters. The highest BCUT2D eigenvalue weighted by molar-refractivity contribution is 5.45. The van der Waals surface area contributed by atoms with Gasteiger partial charge in [-0.2, -0.15) is 0 Å². The predicted octanol–water partition coefficient (Wildman–Crippen LogP) is 2.44. The van der Waals surface area contributed by atoms with Crippen LogP contribution in [0.5, 0.6) is 0 Å². The van der Waals surface area contributed by atoms with Crippen molar-refractivity contribution in [3.8, 4) is 5.69 Å². The second kappa shape index (κ2) is 3.70. The van der Waals surface area contributed by atoms with Crippen LogP contribution < -0.4 is 5.73 Å². The van der Waals surface area contributed by atoms with Gasteiger partial charge < -0.3 is 10.3 Å². The summed E-state index contributed by atoms with van der Waals surface area (Å²) in [6, 6.07) is 6.77. The van der Waals surface area contributed by atoms with Crippen LogP contribution in [0.4, 0.5) is 0 Å². The topological polar surface area (TPSA) is 43.8 Å². The van der Waals surface area contributed by atoms with E-state index in [9.17, 15) is 0 Å². The number of nitrogens with zero attached hydrogens (tertiary/aromatic N) is 2. The Morgan fingerprint density at radius 3 is 2.88 bits per heavy atom. The summed E-state index contributed by atoms with van der Waals surface area (Å²) >= 11 is 0. The Morgan fingerprint density at radius 2 is 2.18 bits per heavy atom. The highest BCUT2D eigenvalue weighted by Gasteiger charge is 2.19. The van der Waals surface area contributed by atoms with Crippen LogP contribution in [0.25, 0.3) is 5.69 Å². The highest BCUT2D eigenvalue weighted by atomic mass is 15.1. The minimum absolute atomic E-state index is 0.227. The molecule has 1 aliphatic rings. The number of nitrogens with two attached hydrogens (primary N) is 1. The van der Waals surface area contributed by atoms with E-state index in [1.54, 1.807) is 0 Å². The molecule has 0 bridgehead atoms. The molecule has 3 rings (SSSR count). The number of benzene rings is 1. The van der Waals surface area contributed by atoms with Crippen LogP contribution in [0.3, 0.4) is 0 Å². The summed E-state index contributed by atoms with van der Waals surface area (Å²) < 4.78 is 2.14. The van der Waals surface area contributed by atoms with E-state index in [0.29, 0.717) is 0 Å². The normalized spacial score (nSPS) is 18.4. The van der Waals surface area contributed by atoms with Gasteiger partial charge in [-0.15, -0.1) is 0 Å². The van der Waals surface area contributed by atoms with Gasteiger partial charge in [-0.3, -0.25) is 0 Å². The van der Waals surface area contributed by atoms with Crippen LogP contribution in [0.1, 0.15) is 35.0 Å². The number of fused-ring (bicyclic) bond motifs is 1. The molecule has 0 fully saturated rings. The summed E-state index contributed by atoms with van der Waals surface area (Å²) in [5.41, 5.74) is 12.2. The van der Waals surface area contributed by atoms with E-state index in [0.717, 1.165) is 18.5 Å². The minimum atomic E-state index is 0.227. The molecular weight excluding hydrogens is 210 g/mol. The van der Waals surface area contributed by atoms with Gasteiger partial charge in [0.1, 0.15) is 0 Å². The number of hydrogen-bond acceptors (Lipinski definition) is 2. The van der Waals surface area contributed by atoms with Crippen LogP contribution in [0.15, 0.2) is 24.5 Å². The van der Waals surface area contributed by atoms with Crippen molar-refractivity contribution in [2.75, 3.05) is 0 Å². The molecule has 1 unspecified atom stereocenters. The fraction of sp³-hybridized carbons (Fsp3) is 0.357. The van der Waals surface area contributed by atoms with Crippen LogP contribution in [0.2, 0.25) is 0 Å². The maximum atomic E-state index is 6.05. The second-order valence-corrected chi connectivity index (χ2v) is 4.81. The molecule has 3 nitrogen and oxygen atoms in total. The Kier molecular flexibility index (Phi) is 2.30. The van der Waals surface area contributed by atoms with Crippen molar-refractivity contribution in [1.82, 2.24) is 9.55 Å². The van der Waals surface area contributed by atoms with E-state index in [2.05, 4.69) is 34.7 Å². The summed E-state index contributed by atoms with van der Waals surface area (Å²) in [4.78, 5) is 4.34. The summed E-state index contributed by atoms with van der Waals surface area (Å²) in [5.74, 6) is 0. The molecule has 2 aromatic rings. The lowest BCUT2D eigenvalue weighted by Gasteiger charge is -2.09. The zero-order chi connectivity index (χ0) is 12.0. The van der Waals surface area contributed by atoms with Gasteiger partial charge in [0.2, 0.25) is 0 Å². The molecule has 0 aliphatic heterocycles. The first kappa shape index (κ1) is 10.5. The molecule has 0 spiro atoms. The van der Waals surface area contributed by atoms with Crippen LogP contribution in [-0.2, 0) is 6.42 Å². The van der Waals surface area contributed by atoms with Crippen LogP contribution in [0, 0.1) is 13.8 Å². The van der Waals surface area contributed by atoms with Gasteiger partial charge in [0.25, 0.3) is 0 Å². The van der Waals surface area contributed by atoms with Gasteiger partial charge in [-0.25, -0.2) is 4.98 Å². The Hall–Kier alpha value is -1.61. The predicted molar refractivity (Wildman–Crippen MR) is 68.3 cm³/mol. The van der Waals surface area contributed by atoms with E-state index in [1.165, 1.54) is 22.5 Å². The van der Waals surface area contributed by atoms with Crippen molar-refractivity contribution >= 4 is 0 Å². The van der Waals surface area contributed by atoms with E-state index in [-0.39, 0.29) is 6.04 Å². The van der Waals surface area contributed by atoms with Crippen molar-refractivity contribution in [3.63, 3.8) is 0 Å². The number of hydrogen-bond donors (Lipinski definition) is 1. The monoisotopic (exact) mass is 227 g/mol. The number of imidazole rings is 1. The molecule has 0 radical (unpaired) electrons. The molecule has 1 aromatic heterocycles. The largest absolute Gasteiger partial charge is 0.324 e. The smallest absolute Gasteiger partial charge is 0.0997 e. The van der Waals surface area contributed by atoms with Gasteiger partial charge >= 0.3 is 0 Å². The van der Waals surface area contributed by atoms with E-state index < -0.39 is 0 Å². The SMILES string of the molecule is Cc1ncn(-c2ccc3c(c2)CCC3N)c1C. The lowest BCUT2D eigenvalue weighted by molar-refractivity contribution is 0.713. The molecule has 1 aromatic carbocycles. The zero-order valence-corrected chi connectivity index (χ0v) is 10.3. The fourth-order valence-electron chi connectivity index (χ4n) is 2.55. The van der Waals surface area contributed by atoms with Crippen molar-refractivity contribution < 1.29 is 0 Å². The van der Waals surface area contributed by atoms with Gasteiger partial charge in [0, 0.05) is 17.4 Å². The maximum absolute atomic E-state index is 6.05. The highest BCUT2D eigenvalue weighted by Crippen LogP contribution is 2.31. The van der Waals surface area contributed by atoms with Crippen molar-refractivity contribution in [2.45, 2.75) is 32.7 Å². The van der Waals surface area contributed by atoms with Crippen molar-refractivity contribution in [1.29, 1.82) is 0 Å². The first-order chi connectivity index (χ1) is 8.16. The van der Waals surface area contributed by atoms with E-state index >= 15 is 0 Å². The Bertz CT molecular complexity index is 569. The molecule has 0 saturated carbocycles. The molecule has 3 heteroatoms. The average Bonchev–Trinajstić information content (AvgIpc) is 2.85. The third kappa shape index (κ3) is 1.58. The maximum Gasteiger partial charge on any atom is 0.0997 e. The fourth-order valence-corrected chi connectivity index (χ4v) is 2.55. The number of aryl methyl sites for hydroxylation is 2. The summed E-state index contributed by atoms with van der Waals surface area (Å²) in [6.07, 6.45) is 4.05. The van der Waals surface area contributed by atoms with Gasteiger partial charge in [-0.1, -0.05) is 6.07 Å². The van der Waals surface area contributed by atoms with E-state index in [4.69, 9.17) is 5.73 Å². The average molecular weight is 227 g/mol. The quantitative estimate of drug-likeness (QED) is 0.813. The lowest BCUT2D eigenvalue weighted by Crippen LogP contribution is -2.05. The minimum Gasteiger partial charge on any atom is -0.324 e. The first-order valence-electron chi connectivity index (χ1n) is 6.06. The van der Waals surface area contributed by atoms with Crippen molar-refractivity contribution in [2.24, 2.45) is 5.73 Å². The van der Waals surface area contributed by atoms with Gasteiger partial charge in [0.15, 0.2) is 0 Å². The van der Waals surface area contributed by atoms with E-state index in [1.807, 2.05) is 13.3 Å². The Labute approximate surface area is 101 Å². The molecule has 0 saturated heterocycles. The Morgan fingerprint density at radius 1 is 1.35 bits per heavy atom. The lowest BCUT2D eigenvalue weighted by atomic mass is 10.1. The third-order valence-corrected chi connectivity index (χ3v) is 3.78. The molecule has 17 heavy (non-hydrogen) atoms. The van der Waals surface area contributed by atoms with Crippen LogP contribution >= 0.6 is 0 Å². The summed E-state index contributed by atoms with van der Waals surface area (Å²) in [7, 11) is 0. The van der Waals surface area contributed by atoms with Crippen LogP contribution in [-0.4, -0.2) is 9.55 Å². The van der Waals surface area contributed by atoms with Gasteiger partial charge in [0.05, 0.1) is 12.0 Å². The molecule has 0 amide bonds. The number of aromatic nitrogens is 2. The molecular formula is C14H17N3. The summed E-state index contributed by atoms with van der Waals surface area (Å²) in [6.45, 7) is 4.14. The number of rotatable bonds is 1. The molecule has 1 aliphatic carbocycles. The van der Waals surface area contributed by atoms with Crippen molar-refractivity contribution in [3.05, 3.63) is 47.0 Å². The van der Waals surface area contributed by atoms with Gasteiger partial charge in [-0.05, 0) is 49.9 Å². The standard InChI is InChI=1S/C14H17N3/c1-9-10(2)17(8-16-9)12-4-5-13-11(7-12)3-6-14(13)15/h4-5,7-8,14H,3,6,15H2,1-2H3. The molecule has 1 heterocycles. The molecule has 88 valence electrons. The zero-order valence-electron chi connectivity index (χ0n) is 10.3. The second-order valence-electron chi connectivity index (χ2n) is 4.81. The summed E-state index contributed by atoms with van der Waals surface area (Å²) in [5, 5.41) is 0.